The molecule has 4 nitrogen and oxygen atoms in total. The number of rotatable bonds is 4. The molecule has 2 aromatic rings. The van der Waals surface area contributed by atoms with E-state index in [2.05, 4.69) is 10.6 Å². The molecular weight excluding hydrogens is 297 g/mol. The van der Waals surface area contributed by atoms with E-state index < -0.39 is 35.8 Å². The van der Waals surface area contributed by atoms with E-state index in [9.17, 15) is 22.8 Å². The molecule has 0 saturated heterocycles. The third kappa shape index (κ3) is 4.08. The van der Waals surface area contributed by atoms with Gasteiger partial charge in [0.2, 0.25) is 5.91 Å². The molecule has 0 fully saturated rings. The van der Waals surface area contributed by atoms with Crippen LogP contribution in [0.1, 0.15) is 10.4 Å². The molecule has 7 heteroatoms. The minimum Gasteiger partial charge on any atom is -0.343 e. The van der Waals surface area contributed by atoms with Crippen molar-refractivity contribution in [1.29, 1.82) is 0 Å². The molecule has 0 spiro atoms. The zero-order valence-electron chi connectivity index (χ0n) is 11.2. The summed E-state index contributed by atoms with van der Waals surface area (Å²) < 4.78 is 39.0. The van der Waals surface area contributed by atoms with Crippen LogP contribution in [0.2, 0.25) is 0 Å². The molecule has 0 bridgehead atoms. The lowest BCUT2D eigenvalue weighted by molar-refractivity contribution is -0.115. The van der Waals surface area contributed by atoms with E-state index in [-0.39, 0.29) is 11.3 Å². The van der Waals surface area contributed by atoms with Gasteiger partial charge in [-0.05, 0) is 30.3 Å². The number of benzene rings is 2. The molecule has 2 amide bonds. The Labute approximate surface area is 124 Å². The van der Waals surface area contributed by atoms with Gasteiger partial charge in [0, 0.05) is 11.8 Å². The molecule has 0 aliphatic heterocycles. The van der Waals surface area contributed by atoms with Gasteiger partial charge in [-0.3, -0.25) is 9.59 Å². The molecule has 22 heavy (non-hydrogen) atoms. The van der Waals surface area contributed by atoms with Gasteiger partial charge in [-0.2, -0.15) is 0 Å². The van der Waals surface area contributed by atoms with Crippen LogP contribution in [0.4, 0.5) is 18.9 Å². The zero-order chi connectivity index (χ0) is 16.1. The molecule has 2 aromatic carbocycles. The minimum atomic E-state index is -1.02. The van der Waals surface area contributed by atoms with Crippen LogP contribution >= 0.6 is 0 Å². The van der Waals surface area contributed by atoms with Crippen molar-refractivity contribution in [3.8, 4) is 0 Å². The third-order valence-electron chi connectivity index (χ3n) is 2.69. The first-order valence-electron chi connectivity index (χ1n) is 6.24. The Balaban J connectivity index is 1.92. The smallest absolute Gasteiger partial charge is 0.254 e. The fourth-order valence-corrected chi connectivity index (χ4v) is 1.70. The van der Waals surface area contributed by atoms with Crippen LogP contribution in [-0.4, -0.2) is 18.4 Å². The van der Waals surface area contributed by atoms with Gasteiger partial charge in [0.1, 0.15) is 17.5 Å². The van der Waals surface area contributed by atoms with Crippen molar-refractivity contribution in [3.05, 3.63) is 65.5 Å². The number of carbonyl (C=O) groups excluding carboxylic acids is 2. The topological polar surface area (TPSA) is 58.2 Å². The first-order valence-corrected chi connectivity index (χ1v) is 6.24. The van der Waals surface area contributed by atoms with E-state index in [1.165, 1.54) is 18.2 Å². The van der Waals surface area contributed by atoms with Gasteiger partial charge in [-0.1, -0.05) is 6.07 Å². The number of nitrogens with one attached hydrogen (secondary N) is 2. The SMILES string of the molecule is O=C(CNC(=O)c1ccc(F)cc1F)Nc1cccc(F)c1. The van der Waals surface area contributed by atoms with Crippen molar-refractivity contribution in [3.63, 3.8) is 0 Å². The summed E-state index contributed by atoms with van der Waals surface area (Å²) in [6, 6.07) is 7.70. The molecule has 0 atom stereocenters. The molecule has 0 aliphatic rings. The Morgan fingerprint density at radius 3 is 2.36 bits per heavy atom. The Morgan fingerprint density at radius 1 is 0.955 bits per heavy atom. The number of halogens is 3. The van der Waals surface area contributed by atoms with Crippen molar-refractivity contribution in [1.82, 2.24) is 5.32 Å². The van der Waals surface area contributed by atoms with Gasteiger partial charge >= 0.3 is 0 Å². The van der Waals surface area contributed by atoms with Gasteiger partial charge in [-0.15, -0.1) is 0 Å². The summed E-state index contributed by atoms with van der Waals surface area (Å²) >= 11 is 0. The number of amides is 2. The van der Waals surface area contributed by atoms with Crippen molar-refractivity contribution in [2.45, 2.75) is 0 Å². The van der Waals surface area contributed by atoms with Crippen LogP contribution in [0.3, 0.4) is 0 Å². The maximum Gasteiger partial charge on any atom is 0.254 e. The molecule has 0 radical (unpaired) electrons. The summed E-state index contributed by atoms with van der Waals surface area (Å²) in [5.74, 6) is -3.82. The molecular formula is C15H11F3N2O2. The zero-order valence-corrected chi connectivity index (χ0v) is 11.2. The summed E-state index contributed by atoms with van der Waals surface area (Å²) in [7, 11) is 0. The monoisotopic (exact) mass is 308 g/mol. The lowest BCUT2D eigenvalue weighted by atomic mass is 10.2. The Bertz CT molecular complexity index is 720. The molecule has 114 valence electrons. The Morgan fingerprint density at radius 2 is 1.68 bits per heavy atom. The second-order valence-corrected chi connectivity index (χ2v) is 4.37. The van der Waals surface area contributed by atoms with E-state index in [4.69, 9.17) is 0 Å². The van der Waals surface area contributed by atoms with Crippen LogP contribution in [0.25, 0.3) is 0 Å². The van der Waals surface area contributed by atoms with Gasteiger partial charge in [0.15, 0.2) is 0 Å². The average molecular weight is 308 g/mol. The van der Waals surface area contributed by atoms with E-state index in [1.54, 1.807) is 0 Å². The number of carbonyl (C=O) groups is 2. The van der Waals surface area contributed by atoms with Crippen molar-refractivity contribution >= 4 is 17.5 Å². The van der Waals surface area contributed by atoms with E-state index in [0.717, 1.165) is 18.2 Å². The van der Waals surface area contributed by atoms with Crippen LogP contribution in [0.15, 0.2) is 42.5 Å². The summed E-state index contributed by atoms with van der Waals surface area (Å²) in [6.45, 7) is -0.438. The standard InChI is InChI=1S/C15H11F3N2O2/c16-9-2-1-3-11(6-9)20-14(21)8-19-15(22)12-5-4-10(17)7-13(12)18/h1-7H,8H2,(H,19,22)(H,20,21). The first-order chi connectivity index (χ1) is 10.5. The molecule has 0 aliphatic carbocycles. The number of anilines is 1. The highest BCUT2D eigenvalue weighted by Crippen LogP contribution is 2.10. The van der Waals surface area contributed by atoms with Crippen LogP contribution in [0.5, 0.6) is 0 Å². The molecule has 0 saturated carbocycles. The van der Waals surface area contributed by atoms with Crippen molar-refractivity contribution < 1.29 is 22.8 Å². The van der Waals surface area contributed by atoms with Gasteiger partial charge in [0.25, 0.3) is 5.91 Å². The number of hydrogen-bond acceptors (Lipinski definition) is 2. The summed E-state index contributed by atoms with van der Waals surface area (Å²) in [4.78, 5) is 23.3. The summed E-state index contributed by atoms with van der Waals surface area (Å²) in [5, 5.41) is 4.55. The minimum absolute atomic E-state index is 0.229. The average Bonchev–Trinajstić information content (AvgIpc) is 2.45. The highest BCUT2D eigenvalue weighted by Gasteiger charge is 2.13. The Kier molecular flexibility index (Phi) is 4.77. The molecule has 2 N–H and O–H groups in total. The quantitative estimate of drug-likeness (QED) is 0.911. The lowest BCUT2D eigenvalue weighted by Crippen LogP contribution is -2.33. The predicted molar refractivity (Wildman–Crippen MR) is 73.7 cm³/mol. The third-order valence-corrected chi connectivity index (χ3v) is 2.69. The predicted octanol–water partition coefficient (Wildman–Crippen LogP) is 2.47. The summed E-state index contributed by atoms with van der Waals surface area (Å²) in [6.07, 6.45) is 0. The van der Waals surface area contributed by atoms with Gasteiger partial charge < -0.3 is 10.6 Å². The van der Waals surface area contributed by atoms with E-state index >= 15 is 0 Å². The highest BCUT2D eigenvalue weighted by atomic mass is 19.1. The molecule has 0 aromatic heterocycles. The van der Waals surface area contributed by atoms with Crippen LogP contribution in [0, 0.1) is 17.5 Å². The van der Waals surface area contributed by atoms with Gasteiger partial charge in [0.05, 0.1) is 12.1 Å². The van der Waals surface area contributed by atoms with Crippen LogP contribution in [-0.2, 0) is 4.79 Å². The van der Waals surface area contributed by atoms with Crippen molar-refractivity contribution in [2.24, 2.45) is 0 Å². The van der Waals surface area contributed by atoms with Crippen molar-refractivity contribution in [2.75, 3.05) is 11.9 Å². The normalized spacial score (nSPS) is 10.1. The first kappa shape index (κ1) is 15.6. The van der Waals surface area contributed by atoms with Crippen LogP contribution < -0.4 is 10.6 Å². The van der Waals surface area contributed by atoms with Gasteiger partial charge in [-0.25, -0.2) is 13.2 Å². The molecule has 0 unspecified atom stereocenters. The second kappa shape index (κ2) is 6.75. The molecule has 2 rings (SSSR count). The van der Waals surface area contributed by atoms with E-state index in [0.29, 0.717) is 6.07 Å². The molecule has 0 heterocycles. The second-order valence-electron chi connectivity index (χ2n) is 4.37. The number of hydrogen-bond donors (Lipinski definition) is 2. The largest absolute Gasteiger partial charge is 0.343 e. The fourth-order valence-electron chi connectivity index (χ4n) is 1.70. The maximum atomic E-state index is 13.4. The highest BCUT2D eigenvalue weighted by molar-refractivity contribution is 5.99. The van der Waals surface area contributed by atoms with E-state index in [1.807, 2.05) is 0 Å². The maximum absolute atomic E-state index is 13.4. The fraction of sp³-hybridized carbons (Fsp3) is 0.0667. The lowest BCUT2D eigenvalue weighted by Gasteiger charge is -2.07. The Hall–Kier alpha value is -2.83. The summed E-state index contributed by atoms with van der Waals surface area (Å²) in [5.41, 5.74) is -0.146.